The molecule has 0 rings (SSSR count). The molecule has 0 spiro atoms. The Morgan fingerprint density at radius 3 is 2.00 bits per heavy atom. The van der Waals surface area contributed by atoms with Gasteiger partial charge in [-0.2, -0.15) is 0 Å². The van der Waals surface area contributed by atoms with Gasteiger partial charge >= 0.3 is 0 Å². The van der Waals surface area contributed by atoms with Crippen LogP contribution in [0.4, 0.5) is 0 Å². The highest BCUT2D eigenvalue weighted by Crippen LogP contribution is 2.58. The first-order valence-electron chi connectivity index (χ1n) is 5.00. The number of hydrogen-bond acceptors (Lipinski definition) is 4. The monoisotopic (exact) mass is 239 g/mol. The zero-order valence-electron chi connectivity index (χ0n) is 9.98. The molecule has 86 valence electrons. The SMILES string of the molecule is CCOP(C)(=O)SN(C(C)C)C(C)C. The maximum Gasteiger partial charge on any atom is 0.269 e. The Balaban J connectivity index is 4.36. The van der Waals surface area contributed by atoms with Crippen molar-refractivity contribution in [3.05, 3.63) is 0 Å². The topological polar surface area (TPSA) is 29.5 Å². The van der Waals surface area contributed by atoms with E-state index in [4.69, 9.17) is 4.52 Å². The lowest BCUT2D eigenvalue weighted by molar-refractivity contribution is 0.327. The molecular formula is C9H22NO2PS. The van der Waals surface area contributed by atoms with Crippen LogP contribution >= 0.6 is 18.1 Å². The van der Waals surface area contributed by atoms with Crippen LogP contribution in [0.3, 0.4) is 0 Å². The summed E-state index contributed by atoms with van der Waals surface area (Å²) in [5, 5.41) is 0. The first-order chi connectivity index (χ1) is 6.30. The Hall–Kier alpha value is 0.500. The first-order valence-corrected chi connectivity index (χ1v) is 8.45. The molecular weight excluding hydrogens is 217 g/mol. The lowest BCUT2D eigenvalue weighted by Crippen LogP contribution is -2.30. The van der Waals surface area contributed by atoms with E-state index < -0.39 is 6.57 Å². The first kappa shape index (κ1) is 14.5. The van der Waals surface area contributed by atoms with E-state index in [0.29, 0.717) is 18.7 Å². The smallest absolute Gasteiger partial charge is 0.269 e. The average molecular weight is 239 g/mol. The molecule has 0 aliphatic carbocycles. The molecule has 1 unspecified atom stereocenters. The minimum atomic E-state index is -2.51. The molecule has 0 amide bonds. The maximum absolute atomic E-state index is 11.9. The zero-order chi connectivity index (χ0) is 11.4. The van der Waals surface area contributed by atoms with Crippen molar-refractivity contribution >= 4 is 18.1 Å². The fourth-order valence-electron chi connectivity index (χ4n) is 1.21. The van der Waals surface area contributed by atoms with E-state index >= 15 is 0 Å². The quantitative estimate of drug-likeness (QED) is 0.523. The van der Waals surface area contributed by atoms with Gasteiger partial charge in [-0.1, -0.05) is 0 Å². The van der Waals surface area contributed by atoms with Crippen LogP contribution in [0.25, 0.3) is 0 Å². The van der Waals surface area contributed by atoms with Gasteiger partial charge in [-0.3, -0.25) is 4.57 Å². The Kier molecular flexibility index (Phi) is 6.38. The highest BCUT2D eigenvalue weighted by atomic mass is 32.7. The lowest BCUT2D eigenvalue weighted by atomic mass is 10.3. The molecule has 0 aromatic heterocycles. The Morgan fingerprint density at radius 1 is 1.29 bits per heavy atom. The Morgan fingerprint density at radius 2 is 1.71 bits per heavy atom. The van der Waals surface area contributed by atoms with E-state index in [9.17, 15) is 4.57 Å². The van der Waals surface area contributed by atoms with Crippen molar-refractivity contribution in [1.82, 2.24) is 4.31 Å². The van der Waals surface area contributed by atoms with Crippen molar-refractivity contribution in [3.8, 4) is 0 Å². The van der Waals surface area contributed by atoms with Crippen LogP contribution in [0, 0.1) is 0 Å². The summed E-state index contributed by atoms with van der Waals surface area (Å²) in [6.45, 7) is 9.92. The van der Waals surface area contributed by atoms with Crippen LogP contribution in [0.5, 0.6) is 0 Å². The van der Waals surface area contributed by atoms with Crippen LogP contribution in [0.2, 0.25) is 0 Å². The van der Waals surface area contributed by atoms with Crippen LogP contribution in [-0.4, -0.2) is 29.7 Å². The van der Waals surface area contributed by atoms with Crippen LogP contribution in [0.1, 0.15) is 34.6 Å². The molecule has 0 fully saturated rings. The van der Waals surface area contributed by atoms with Gasteiger partial charge in [0, 0.05) is 30.3 Å². The van der Waals surface area contributed by atoms with Gasteiger partial charge in [-0.05, 0) is 34.6 Å². The second-order valence-corrected chi connectivity index (χ2v) is 8.68. The minimum absolute atomic E-state index is 0.369. The maximum atomic E-state index is 11.9. The summed E-state index contributed by atoms with van der Waals surface area (Å²) >= 11 is 1.35. The van der Waals surface area contributed by atoms with Crippen molar-refractivity contribution in [3.63, 3.8) is 0 Å². The fourth-order valence-corrected chi connectivity index (χ4v) is 5.07. The molecule has 0 bridgehead atoms. The third-order valence-electron chi connectivity index (χ3n) is 1.62. The minimum Gasteiger partial charge on any atom is -0.321 e. The molecule has 0 aliphatic rings. The molecule has 0 heterocycles. The second-order valence-electron chi connectivity index (χ2n) is 3.82. The Bertz CT molecular complexity index is 201. The van der Waals surface area contributed by atoms with Crippen molar-refractivity contribution in [2.24, 2.45) is 0 Å². The average Bonchev–Trinajstić information content (AvgIpc) is 1.99. The summed E-state index contributed by atoms with van der Waals surface area (Å²) in [5.41, 5.74) is 0. The van der Waals surface area contributed by atoms with Crippen molar-refractivity contribution in [1.29, 1.82) is 0 Å². The highest BCUT2D eigenvalue weighted by molar-refractivity contribution is 8.55. The molecule has 3 nitrogen and oxygen atoms in total. The molecule has 0 saturated carbocycles. The summed E-state index contributed by atoms with van der Waals surface area (Å²) in [6, 6.07) is 0.738. The zero-order valence-corrected chi connectivity index (χ0v) is 11.7. The van der Waals surface area contributed by atoms with Crippen LogP contribution < -0.4 is 0 Å². The molecule has 0 N–H and O–H groups in total. The molecule has 0 saturated heterocycles. The van der Waals surface area contributed by atoms with Gasteiger partial charge in [0.05, 0.1) is 6.61 Å². The number of rotatable bonds is 6. The largest absolute Gasteiger partial charge is 0.321 e. The van der Waals surface area contributed by atoms with Gasteiger partial charge in [0.25, 0.3) is 6.57 Å². The predicted octanol–water partition coefficient (Wildman–Crippen LogP) is 3.61. The summed E-state index contributed by atoms with van der Waals surface area (Å²) in [6.07, 6.45) is 0. The van der Waals surface area contributed by atoms with E-state index in [-0.39, 0.29) is 0 Å². The number of hydrogen-bond donors (Lipinski definition) is 0. The van der Waals surface area contributed by atoms with Gasteiger partial charge in [0.2, 0.25) is 0 Å². The summed E-state index contributed by atoms with van der Waals surface area (Å²) in [4.78, 5) is 0. The van der Waals surface area contributed by atoms with E-state index in [2.05, 4.69) is 32.0 Å². The molecule has 5 heteroatoms. The summed E-state index contributed by atoms with van der Waals surface area (Å²) in [7, 11) is 0. The van der Waals surface area contributed by atoms with Crippen LogP contribution in [-0.2, 0) is 9.09 Å². The van der Waals surface area contributed by atoms with Gasteiger partial charge in [-0.25, -0.2) is 4.31 Å². The Labute approximate surface area is 91.9 Å². The normalized spacial score (nSPS) is 16.6. The van der Waals surface area contributed by atoms with Crippen LogP contribution in [0.15, 0.2) is 0 Å². The summed E-state index contributed by atoms with van der Waals surface area (Å²) in [5.74, 6) is 0. The highest BCUT2D eigenvalue weighted by Gasteiger charge is 2.25. The van der Waals surface area contributed by atoms with E-state index in [0.717, 1.165) is 0 Å². The lowest BCUT2D eigenvalue weighted by Gasteiger charge is -2.30. The fraction of sp³-hybridized carbons (Fsp3) is 1.00. The van der Waals surface area contributed by atoms with Crippen molar-refractivity contribution in [2.45, 2.75) is 46.7 Å². The van der Waals surface area contributed by atoms with Crippen molar-refractivity contribution in [2.75, 3.05) is 13.3 Å². The molecule has 14 heavy (non-hydrogen) atoms. The van der Waals surface area contributed by atoms with E-state index in [1.165, 1.54) is 11.6 Å². The van der Waals surface area contributed by atoms with Gasteiger partial charge < -0.3 is 4.52 Å². The summed E-state index contributed by atoms with van der Waals surface area (Å²) < 4.78 is 19.3. The predicted molar refractivity (Wildman–Crippen MR) is 64.9 cm³/mol. The molecule has 0 aliphatic heterocycles. The molecule has 0 aromatic rings. The molecule has 0 aromatic carbocycles. The number of nitrogens with zero attached hydrogens (tertiary/aromatic N) is 1. The third-order valence-corrected chi connectivity index (χ3v) is 5.45. The molecule has 0 radical (unpaired) electrons. The third kappa shape index (κ3) is 5.40. The van der Waals surface area contributed by atoms with Crippen molar-refractivity contribution < 1.29 is 9.09 Å². The van der Waals surface area contributed by atoms with Gasteiger partial charge in [-0.15, -0.1) is 0 Å². The second kappa shape index (κ2) is 6.16. The van der Waals surface area contributed by atoms with E-state index in [1.54, 1.807) is 6.66 Å². The standard InChI is InChI=1S/C9H22NO2PS/c1-7-12-13(6,11)14-10(8(2)3)9(4)5/h8-9H,7H2,1-6H3. The van der Waals surface area contributed by atoms with Gasteiger partial charge in [0.1, 0.15) is 0 Å². The van der Waals surface area contributed by atoms with Gasteiger partial charge in [0.15, 0.2) is 0 Å². The molecule has 1 atom stereocenters. The van der Waals surface area contributed by atoms with E-state index in [1.807, 2.05) is 6.92 Å².